The maximum atomic E-state index is 11.8. The summed E-state index contributed by atoms with van der Waals surface area (Å²) in [6, 6.07) is 5.52. The number of pyridine rings is 1. The van der Waals surface area contributed by atoms with Crippen LogP contribution in [0.4, 0.5) is 0 Å². The van der Waals surface area contributed by atoms with Crippen LogP contribution in [-0.2, 0) is 16.0 Å². The van der Waals surface area contributed by atoms with E-state index in [4.69, 9.17) is 4.74 Å². The van der Waals surface area contributed by atoms with Gasteiger partial charge in [-0.2, -0.15) is 5.10 Å². The largest absolute Gasteiger partial charge is 0.376 e. The van der Waals surface area contributed by atoms with E-state index in [2.05, 4.69) is 25.5 Å². The van der Waals surface area contributed by atoms with E-state index in [1.54, 1.807) is 6.20 Å². The second-order valence-electron chi connectivity index (χ2n) is 4.94. The molecule has 21 heavy (non-hydrogen) atoms. The summed E-state index contributed by atoms with van der Waals surface area (Å²) in [4.78, 5) is 20.3. The summed E-state index contributed by atoms with van der Waals surface area (Å²) in [5, 5.41) is 9.70. The number of carbonyl (C=O) groups is 1. The Morgan fingerprint density at radius 3 is 3.19 bits per heavy atom. The van der Waals surface area contributed by atoms with E-state index < -0.39 is 0 Å². The van der Waals surface area contributed by atoms with Crippen molar-refractivity contribution in [3.8, 4) is 11.5 Å². The summed E-state index contributed by atoms with van der Waals surface area (Å²) in [6.07, 6.45) is 4.07. The van der Waals surface area contributed by atoms with Crippen LogP contribution in [0.3, 0.4) is 0 Å². The highest BCUT2D eigenvalue weighted by molar-refractivity contribution is 5.77. The van der Waals surface area contributed by atoms with Gasteiger partial charge in [-0.1, -0.05) is 6.07 Å². The summed E-state index contributed by atoms with van der Waals surface area (Å²) in [6.45, 7) is 1.34. The van der Waals surface area contributed by atoms with Gasteiger partial charge in [-0.15, -0.1) is 0 Å². The molecule has 0 radical (unpaired) electrons. The first-order valence-corrected chi connectivity index (χ1v) is 7.02. The summed E-state index contributed by atoms with van der Waals surface area (Å²) in [5.74, 6) is 0.937. The first-order chi connectivity index (χ1) is 10.3. The second kappa shape index (κ2) is 6.45. The molecule has 2 aromatic heterocycles. The standard InChI is InChI=1S/C14H17N5O2/c20-13(16-9-10-4-3-7-21-10)8-12-17-14(19-18-12)11-5-1-2-6-15-11/h1-2,5-6,10H,3-4,7-9H2,(H,16,20)(H,17,18,19). The van der Waals surface area contributed by atoms with Gasteiger partial charge in [0, 0.05) is 19.3 Å². The van der Waals surface area contributed by atoms with E-state index in [1.807, 2.05) is 18.2 Å². The molecule has 0 spiro atoms. The molecule has 1 saturated heterocycles. The summed E-state index contributed by atoms with van der Waals surface area (Å²) in [7, 11) is 0. The van der Waals surface area contributed by atoms with Gasteiger partial charge in [-0.3, -0.25) is 14.9 Å². The molecule has 7 nitrogen and oxygen atoms in total. The number of nitrogens with one attached hydrogen (secondary N) is 2. The number of ether oxygens (including phenoxy) is 1. The number of aromatic amines is 1. The van der Waals surface area contributed by atoms with E-state index in [0.717, 1.165) is 19.4 Å². The van der Waals surface area contributed by atoms with Crippen molar-refractivity contribution < 1.29 is 9.53 Å². The minimum absolute atomic E-state index is 0.0887. The van der Waals surface area contributed by atoms with Crippen molar-refractivity contribution >= 4 is 5.91 Å². The van der Waals surface area contributed by atoms with E-state index in [-0.39, 0.29) is 18.4 Å². The molecule has 3 heterocycles. The van der Waals surface area contributed by atoms with Gasteiger partial charge < -0.3 is 10.1 Å². The van der Waals surface area contributed by atoms with Crippen LogP contribution in [0.2, 0.25) is 0 Å². The van der Waals surface area contributed by atoms with Gasteiger partial charge in [-0.25, -0.2) is 4.98 Å². The van der Waals surface area contributed by atoms with Crippen LogP contribution in [-0.4, -0.2) is 45.3 Å². The van der Waals surface area contributed by atoms with Gasteiger partial charge in [0.25, 0.3) is 0 Å². The average Bonchev–Trinajstić information content (AvgIpc) is 3.17. The minimum atomic E-state index is -0.0887. The molecule has 1 unspecified atom stereocenters. The number of hydrogen-bond acceptors (Lipinski definition) is 5. The van der Waals surface area contributed by atoms with Crippen molar-refractivity contribution in [2.24, 2.45) is 0 Å². The van der Waals surface area contributed by atoms with Crippen molar-refractivity contribution in [3.63, 3.8) is 0 Å². The normalized spacial score (nSPS) is 17.8. The van der Waals surface area contributed by atoms with Crippen LogP contribution in [0.5, 0.6) is 0 Å². The lowest BCUT2D eigenvalue weighted by Gasteiger charge is -2.09. The smallest absolute Gasteiger partial charge is 0.227 e. The Labute approximate surface area is 122 Å². The Hall–Kier alpha value is -2.28. The first kappa shape index (κ1) is 13.7. The van der Waals surface area contributed by atoms with Crippen molar-refractivity contribution in [3.05, 3.63) is 30.2 Å². The first-order valence-electron chi connectivity index (χ1n) is 7.02. The fraction of sp³-hybridized carbons (Fsp3) is 0.429. The van der Waals surface area contributed by atoms with Crippen LogP contribution in [0.15, 0.2) is 24.4 Å². The van der Waals surface area contributed by atoms with Crippen LogP contribution in [0.25, 0.3) is 11.5 Å². The number of carbonyl (C=O) groups excluding carboxylic acids is 1. The Morgan fingerprint density at radius 2 is 2.43 bits per heavy atom. The third-order valence-corrected chi connectivity index (χ3v) is 3.30. The lowest BCUT2D eigenvalue weighted by atomic mass is 10.2. The molecule has 1 fully saturated rings. The predicted octanol–water partition coefficient (Wildman–Crippen LogP) is 0.704. The zero-order chi connectivity index (χ0) is 14.5. The number of aromatic nitrogens is 4. The molecule has 2 N–H and O–H groups in total. The molecule has 0 aromatic carbocycles. The zero-order valence-electron chi connectivity index (χ0n) is 11.6. The highest BCUT2D eigenvalue weighted by Gasteiger charge is 2.17. The highest BCUT2D eigenvalue weighted by Crippen LogP contribution is 2.11. The Balaban J connectivity index is 1.53. The van der Waals surface area contributed by atoms with Crippen molar-refractivity contribution in [2.45, 2.75) is 25.4 Å². The molecule has 7 heteroatoms. The summed E-state index contributed by atoms with van der Waals surface area (Å²) >= 11 is 0. The number of H-pyrrole nitrogens is 1. The maximum Gasteiger partial charge on any atom is 0.227 e. The number of hydrogen-bond donors (Lipinski definition) is 2. The molecule has 1 aliphatic heterocycles. The molecular weight excluding hydrogens is 270 g/mol. The fourth-order valence-electron chi connectivity index (χ4n) is 2.23. The molecule has 0 saturated carbocycles. The average molecular weight is 287 g/mol. The van der Waals surface area contributed by atoms with Gasteiger partial charge in [0.05, 0.1) is 12.5 Å². The highest BCUT2D eigenvalue weighted by atomic mass is 16.5. The SMILES string of the molecule is O=C(Cc1nc(-c2ccccn2)n[nH]1)NCC1CCCO1. The zero-order valence-corrected chi connectivity index (χ0v) is 11.6. The predicted molar refractivity (Wildman–Crippen MR) is 75.3 cm³/mol. The lowest BCUT2D eigenvalue weighted by molar-refractivity contribution is -0.121. The van der Waals surface area contributed by atoms with E-state index in [1.165, 1.54) is 0 Å². The fourth-order valence-corrected chi connectivity index (χ4v) is 2.23. The molecule has 1 atom stereocenters. The van der Waals surface area contributed by atoms with Gasteiger partial charge in [0.1, 0.15) is 11.5 Å². The topological polar surface area (TPSA) is 92.8 Å². The molecular formula is C14H17N5O2. The molecule has 110 valence electrons. The quantitative estimate of drug-likeness (QED) is 0.844. The van der Waals surface area contributed by atoms with Crippen LogP contribution < -0.4 is 5.32 Å². The third kappa shape index (κ3) is 3.63. The Morgan fingerprint density at radius 1 is 1.48 bits per heavy atom. The van der Waals surface area contributed by atoms with Gasteiger partial charge in [-0.05, 0) is 25.0 Å². The Kier molecular flexibility index (Phi) is 4.20. The molecule has 0 aliphatic carbocycles. The second-order valence-corrected chi connectivity index (χ2v) is 4.94. The summed E-state index contributed by atoms with van der Waals surface area (Å²) in [5.41, 5.74) is 0.680. The number of rotatable bonds is 5. The Bertz CT molecular complexity index is 592. The van der Waals surface area contributed by atoms with E-state index >= 15 is 0 Å². The molecule has 1 aliphatic rings. The number of nitrogens with zero attached hydrogens (tertiary/aromatic N) is 3. The van der Waals surface area contributed by atoms with Gasteiger partial charge >= 0.3 is 0 Å². The van der Waals surface area contributed by atoms with Crippen LogP contribution >= 0.6 is 0 Å². The molecule has 3 rings (SSSR count). The summed E-state index contributed by atoms with van der Waals surface area (Å²) < 4.78 is 5.46. The monoisotopic (exact) mass is 287 g/mol. The molecule has 1 amide bonds. The number of amides is 1. The van der Waals surface area contributed by atoms with Crippen molar-refractivity contribution in [1.82, 2.24) is 25.5 Å². The van der Waals surface area contributed by atoms with Gasteiger partial charge in [0.2, 0.25) is 5.91 Å². The van der Waals surface area contributed by atoms with Crippen LogP contribution in [0.1, 0.15) is 18.7 Å². The van der Waals surface area contributed by atoms with Crippen LogP contribution in [0, 0.1) is 0 Å². The van der Waals surface area contributed by atoms with Crippen molar-refractivity contribution in [2.75, 3.05) is 13.2 Å². The third-order valence-electron chi connectivity index (χ3n) is 3.30. The van der Waals surface area contributed by atoms with E-state index in [0.29, 0.717) is 23.9 Å². The molecule has 2 aromatic rings. The maximum absolute atomic E-state index is 11.8. The lowest BCUT2D eigenvalue weighted by Crippen LogP contribution is -2.33. The van der Waals surface area contributed by atoms with E-state index in [9.17, 15) is 4.79 Å². The van der Waals surface area contributed by atoms with Gasteiger partial charge in [0.15, 0.2) is 5.82 Å². The molecule has 0 bridgehead atoms. The minimum Gasteiger partial charge on any atom is -0.376 e. The van der Waals surface area contributed by atoms with Crippen molar-refractivity contribution in [1.29, 1.82) is 0 Å².